The summed E-state index contributed by atoms with van der Waals surface area (Å²) in [5, 5.41) is 12.8. The number of hydrogen-bond donors (Lipinski definition) is 2. The minimum absolute atomic E-state index is 0.0592. The SMILES string of the molecule is O[C@H]1COC[C@@H]1NCc1cccc(Br)c1. The molecular formula is C11H14BrNO2. The maximum absolute atomic E-state index is 9.52. The Morgan fingerprint density at radius 3 is 3.00 bits per heavy atom. The molecule has 15 heavy (non-hydrogen) atoms. The molecule has 1 fully saturated rings. The number of benzene rings is 1. The minimum atomic E-state index is -0.378. The standard InChI is InChI=1S/C11H14BrNO2/c12-9-3-1-2-8(4-9)5-13-10-6-15-7-11(10)14/h1-4,10-11,13-14H,5-7H2/t10-,11-/m0/s1. The van der Waals surface area contributed by atoms with Gasteiger partial charge in [0.05, 0.1) is 25.4 Å². The van der Waals surface area contributed by atoms with Gasteiger partial charge in [-0.2, -0.15) is 0 Å². The predicted octanol–water partition coefficient (Wildman–Crippen LogP) is 1.30. The molecule has 0 bridgehead atoms. The fourth-order valence-corrected chi connectivity index (χ4v) is 2.08. The van der Waals surface area contributed by atoms with E-state index in [2.05, 4.69) is 33.4 Å². The lowest BCUT2D eigenvalue weighted by Crippen LogP contribution is -2.38. The Kier molecular flexibility index (Phi) is 3.75. The van der Waals surface area contributed by atoms with Crippen LogP contribution in [0.4, 0.5) is 0 Å². The summed E-state index contributed by atoms with van der Waals surface area (Å²) in [4.78, 5) is 0. The molecule has 1 aliphatic rings. The van der Waals surface area contributed by atoms with Crippen molar-refractivity contribution in [2.24, 2.45) is 0 Å². The first kappa shape index (κ1) is 11.1. The molecule has 2 rings (SSSR count). The summed E-state index contributed by atoms with van der Waals surface area (Å²) in [5.41, 5.74) is 1.20. The number of aliphatic hydroxyl groups is 1. The van der Waals surface area contributed by atoms with E-state index in [4.69, 9.17) is 4.74 Å². The second-order valence-corrected chi connectivity index (χ2v) is 4.64. The van der Waals surface area contributed by atoms with Crippen LogP contribution >= 0.6 is 15.9 Å². The van der Waals surface area contributed by atoms with Gasteiger partial charge in [0.25, 0.3) is 0 Å². The topological polar surface area (TPSA) is 41.5 Å². The van der Waals surface area contributed by atoms with E-state index in [0.717, 1.165) is 11.0 Å². The molecule has 3 nitrogen and oxygen atoms in total. The van der Waals surface area contributed by atoms with E-state index in [1.165, 1.54) is 5.56 Å². The lowest BCUT2D eigenvalue weighted by molar-refractivity contribution is 0.122. The third-order valence-electron chi connectivity index (χ3n) is 2.51. The van der Waals surface area contributed by atoms with Crippen LogP contribution < -0.4 is 5.32 Å². The Bertz CT molecular complexity index is 332. The molecule has 1 heterocycles. The zero-order chi connectivity index (χ0) is 10.7. The van der Waals surface area contributed by atoms with Gasteiger partial charge in [0.15, 0.2) is 0 Å². The van der Waals surface area contributed by atoms with Crippen LogP contribution in [-0.4, -0.2) is 30.5 Å². The minimum Gasteiger partial charge on any atom is -0.389 e. The highest BCUT2D eigenvalue weighted by Gasteiger charge is 2.25. The third kappa shape index (κ3) is 3.01. The molecule has 0 aromatic heterocycles. The van der Waals surface area contributed by atoms with Gasteiger partial charge in [-0.05, 0) is 17.7 Å². The van der Waals surface area contributed by atoms with Crippen molar-refractivity contribution in [3.63, 3.8) is 0 Å². The monoisotopic (exact) mass is 271 g/mol. The van der Waals surface area contributed by atoms with E-state index in [0.29, 0.717) is 13.2 Å². The first-order chi connectivity index (χ1) is 7.25. The van der Waals surface area contributed by atoms with Gasteiger partial charge in [-0.15, -0.1) is 0 Å². The van der Waals surface area contributed by atoms with Crippen molar-refractivity contribution in [1.82, 2.24) is 5.32 Å². The first-order valence-corrected chi connectivity index (χ1v) is 5.78. The molecule has 2 N–H and O–H groups in total. The molecule has 0 radical (unpaired) electrons. The van der Waals surface area contributed by atoms with E-state index in [1.807, 2.05) is 12.1 Å². The van der Waals surface area contributed by atoms with Crippen molar-refractivity contribution in [3.8, 4) is 0 Å². The van der Waals surface area contributed by atoms with E-state index in [1.54, 1.807) is 0 Å². The molecule has 0 saturated carbocycles. The molecule has 1 saturated heterocycles. The Hall–Kier alpha value is -0.420. The van der Waals surface area contributed by atoms with Gasteiger partial charge in [-0.1, -0.05) is 28.1 Å². The van der Waals surface area contributed by atoms with Gasteiger partial charge in [0, 0.05) is 11.0 Å². The number of halogens is 1. The number of rotatable bonds is 3. The van der Waals surface area contributed by atoms with Crippen LogP contribution in [0.1, 0.15) is 5.56 Å². The average Bonchev–Trinajstić information content (AvgIpc) is 2.61. The second kappa shape index (κ2) is 5.07. The Morgan fingerprint density at radius 1 is 1.47 bits per heavy atom. The lowest BCUT2D eigenvalue weighted by atomic mass is 10.2. The van der Waals surface area contributed by atoms with Crippen LogP contribution in [0.5, 0.6) is 0 Å². The van der Waals surface area contributed by atoms with Gasteiger partial charge in [0.2, 0.25) is 0 Å². The molecule has 1 aliphatic heterocycles. The van der Waals surface area contributed by atoms with E-state index < -0.39 is 0 Å². The van der Waals surface area contributed by atoms with Gasteiger partial charge < -0.3 is 15.2 Å². The van der Waals surface area contributed by atoms with Gasteiger partial charge in [0.1, 0.15) is 0 Å². The average molecular weight is 272 g/mol. The second-order valence-electron chi connectivity index (χ2n) is 3.72. The fourth-order valence-electron chi connectivity index (χ4n) is 1.63. The van der Waals surface area contributed by atoms with E-state index in [-0.39, 0.29) is 12.1 Å². The molecule has 2 atom stereocenters. The highest BCUT2D eigenvalue weighted by atomic mass is 79.9. The maximum atomic E-state index is 9.52. The summed E-state index contributed by atoms with van der Waals surface area (Å²) in [6.45, 7) is 1.79. The maximum Gasteiger partial charge on any atom is 0.0948 e. The highest BCUT2D eigenvalue weighted by Crippen LogP contribution is 2.12. The largest absolute Gasteiger partial charge is 0.389 e. The normalized spacial score (nSPS) is 25.7. The van der Waals surface area contributed by atoms with Crippen molar-refractivity contribution in [2.75, 3.05) is 13.2 Å². The number of hydrogen-bond acceptors (Lipinski definition) is 3. The molecule has 1 aromatic carbocycles. The number of ether oxygens (including phenoxy) is 1. The lowest BCUT2D eigenvalue weighted by Gasteiger charge is -2.14. The number of aliphatic hydroxyl groups excluding tert-OH is 1. The summed E-state index contributed by atoms with van der Waals surface area (Å²) in [6, 6.07) is 8.18. The van der Waals surface area contributed by atoms with Crippen LogP contribution in [0.15, 0.2) is 28.7 Å². The van der Waals surface area contributed by atoms with Crippen LogP contribution in [-0.2, 0) is 11.3 Å². The number of nitrogens with one attached hydrogen (secondary N) is 1. The first-order valence-electron chi connectivity index (χ1n) is 4.99. The fraction of sp³-hybridized carbons (Fsp3) is 0.455. The summed E-state index contributed by atoms with van der Waals surface area (Å²) in [5.74, 6) is 0. The summed E-state index contributed by atoms with van der Waals surface area (Å²) in [6.07, 6.45) is -0.378. The van der Waals surface area contributed by atoms with Crippen LogP contribution in [0.25, 0.3) is 0 Å². The van der Waals surface area contributed by atoms with Crippen molar-refractivity contribution in [2.45, 2.75) is 18.7 Å². The van der Waals surface area contributed by atoms with Gasteiger partial charge in [-0.3, -0.25) is 0 Å². The quantitative estimate of drug-likeness (QED) is 0.871. The van der Waals surface area contributed by atoms with Crippen molar-refractivity contribution in [3.05, 3.63) is 34.3 Å². The van der Waals surface area contributed by atoms with Gasteiger partial charge >= 0.3 is 0 Å². The van der Waals surface area contributed by atoms with E-state index in [9.17, 15) is 5.11 Å². The molecule has 0 unspecified atom stereocenters. The highest BCUT2D eigenvalue weighted by molar-refractivity contribution is 9.10. The predicted molar refractivity (Wildman–Crippen MR) is 61.6 cm³/mol. The van der Waals surface area contributed by atoms with Crippen LogP contribution in [0.3, 0.4) is 0 Å². The molecule has 82 valence electrons. The summed E-state index contributed by atoms with van der Waals surface area (Å²) in [7, 11) is 0. The molecule has 0 aliphatic carbocycles. The molecule has 4 heteroatoms. The van der Waals surface area contributed by atoms with Crippen LogP contribution in [0.2, 0.25) is 0 Å². The van der Waals surface area contributed by atoms with Crippen molar-refractivity contribution in [1.29, 1.82) is 0 Å². The molecule has 1 aromatic rings. The Balaban J connectivity index is 1.87. The molecular weight excluding hydrogens is 258 g/mol. The summed E-state index contributed by atoms with van der Waals surface area (Å²) < 4.78 is 6.23. The van der Waals surface area contributed by atoms with E-state index >= 15 is 0 Å². The summed E-state index contributed by atoms with van der Waals surface area (Å²) >= 11 is 3.43. The zero-order valence-electron chi connectivity index (χ0n) is 8.32. The van der Waals surface area contributed by atoms with Crippen molar-refractivity contribution >= 4 is 15.9 Å². The Morgan fingerprint density at radius 2 is 2.33 bits per heavy atom. The molecule has 0 spiro atoms. The van der Waals surface area contributed by atoms with Crippen molar-refractivity contribution < 1.29 is 9.84 Å². The smallest absolute Gasteiger partial charge is 0.0948 e. The Labute approximate surface area is 97.6 Å². The third-order valence-corrected chi connectivity index (χ3v) is 3.00. The zero-order valence-corrected chi connectivity index (χ0v) is 9.90. The molecule has 0 amide bonds. The van der Waals surface area contributed by atoms with Crippen LogP contribution in [0, 0.1) is 0 Å². The van der Waals surface area contributed by atoms with Gasteiger partial charge in [-0.25, -0.2) is 0 Å².